The third-order valence-electron chi connectivity index (χ3n) is 6.09. The minimum atomic E-state index is 0.0564. The Morgan fingerprint density at radius 3 is 3.04 bits per heavy atom. The Bertz CT molecular complexity index is 1090. The zero-order chi connectivity index (χ0) is 19.3. The van der Waals surface area contributed by atoms with Crippen molar-refractivity contribution in [1.82, 2.24) is 20.3 Å². The summed E-state index contributed by atoms with van der Waals surface area (Å²) in [4.78, 5) is 25.7. The topological polar surface area (TPSA) is 106 Å². The molecule has 142 valence electrons. The summed E-state index contributed by atoms with van der Waals surface area (Å²) in [5.74, 6) is 1.10. The number of nitrogens with one attached hydrogen (secondary N) is 2. The monoisotopic (exact) mass is 374 g/mol. The lowest BCUT2D eigenvalue weighted by Crippen LogP contribution is -2.20. The number of nitrogens with two attached hydrogens (primary N) is 1. The Morgan fingerprint density at radius 2 is 2.25 bits per heavy atom. The van der Waals surface area contributed by atoms with Crippen LogP contribution in [-0.2, 0) is 4.79 Å². The molecule has 5 rings (SSSR count). The van der Waals surface area contributed by atoms with Gasteiger partial charge in [0.1, 0.15) is 11.6 Å². The Hall–Kier alpha value is -3.06. The van der Waals surface area contributed by atoms with E-state index in [2.05, 4.69) is 25.6 Å². The van der Waals surface area contributed by atoms with Crippen molar-refractivity contribution in [3.05, 3.63) is 42.4 Å². The molecule has 0 bridgehead atoms. The van der Waals surface area contributed by atoms with E-state index >= 15 is 0 Å². The number of rotatable bonds is 3. The summed E-state index contributed by atoms with van der Waals surface area (Å²) in [6.45, 7) is 3.95. The van der Waals surface area contributed by atoms with Crippen molar-refractivity contribution < 1.29 is 4.79 Å². The van der Waals surface area contributed by atoms with E-state index in [-0.39, 0.29) is 17.2 Å². The number of hydrogen-bond donors (Lipinski definition) is 3. The summed E-state index contributed by atoms with van der Waals surface area (Å²) in [5, 5.41) is 8.01. The first kappa shape index (κ1) is 17.1. The van der Waals surface area contributed by atoms with Gasteiger partial charge in [-0.15, -0.1) is 0 Å². The number of nitrogens with zero attached hydrogens (tertiary/aromatic N) is 3. The molecule has 4 N–H and O–H groups in total. The van der Waals surface area contributed by atoms with Gasteiger partial charge in [-0.2, -0.15) is 0 Å². The molecule has 7 heteroatoms. The summed E-state index contributed by atoms with van der Waals surface area (Å²) in [7, 11) is 0. The van der Waals surface area contributed by atoms with Crippen molar-refractivity contribution in [2.24, 2.45) is 11.3 Å². The highest BCUT2D eigenvalue weighted by molar-refractivity contribution is 5.98. The van der Waals surface area contributed by atoms with Crippen molar-refractivity contribution in [1.29, 1.82) is 0 Å². The van der Waals surface area contributed by atoms with Crippen LogP contribution in [-0.4, -0.2) is 33.9 Å². The Kier molecular flexibility index (Phi) is 3.80. The van der Waals surface area contributed by atoms with Crippen molar-refractivity contribution >= 4 is 28.3 Å². The van der Waals surface area contributed by atoms with Crippen LogP contribution in [0.25, 0.3) is 22.0 Å². The Morgan fingerprint density at radius 1 is 1.36 bits per heavy atom. The zero-order valence-corrected chi connectivity index (χ0v) is 15.7. The van der Waals surface area contributed by atoms with E-state index in [9.17, 15) is 4.79 Å². The number of nitrogen functional groups attached to an aromatic ring is 1. The number of aromatic nitrogens is 3. The van der Waals surface area contributed by atoms with E-state index in [1.54, 1.807) is 18.6 Å². The van der Waals surface area contributed by atoms with Crippen LogP contribution in [0, 0.1) is 18.3 Å². The van der Waals surface area contributed by atoms with Crippen LogP contribution >= 0.6 is 0 Å². The number of carbonyl (C=O) groups is 1. The molecule has 1 unspecified atom stereocenters. The minimum Gasteiger partial charge on any atom is -0.383 e. The van der Waals surface area contributed by atoms with Gasteiger partial charge in [0.2, 0.25) is 5.91 Å². The Balaban J connectivity index is 1.45. The average Bonchev–Trinajstić information content (AvgIpc) is 3.18. The molecule has 7 nitrogen and oxygen atoms in total. The summed E-state index contributed by atoms with van der Waals surface area (Å²) in [5.41, 5.74) is 9.11. The highest BCUT2D eigenvalue weighted by atomic mass is 16.2. The van der Waals surface area contributed by atoms with Crippen molar-refractivity contribution in [2.75, 3.05) is 24.1 Å². The minimum absolute atomic E-state index is 0.0564. The lowest BCUT2D eigenvalue weighted by molar-refractivity contribution is -0.118. The SMILES string of the molecule is Cc1ccncc1-c1cc2cc(NC(=O)C3C[C@]34CCNC4)ncc2c(N)n1. The number of amides is 1. The van der Waals surface area contributed by atoms with Crippen molar-refractivity contribution in [3.8, 4) is 11.3 Å². The van der Waals surface area contributed by atoms with E-state index in [1.807, 2.05) is 25.1 Å². The molecule has 2 fully saturated rings. The van der Waals surface area contributed by atoms with Gasteiger partial charge in [0.15, 0.2) is 0 Å². The average molecular weight is 374 g/mol. The van der Waals surface area contributed by atoms with Crippen LogP contribution in [0.2, 0.25) is 0 Å². The first-order valence-electron chi connectivity index (χ1n) is 9.55. The van der Waals surface area contributed by atoms with Gasteiger partial charge in [-0.3, -0.25) is 9.78 Å². The van der Waals surface area contributed by atoms with Gasteiger partial charge in [0.05, 0.1) is 5.69 Å². The second kappa shape index (κ2) is 6.24. The molecule has 1 aliphatic carbocycles. The maximum atomic E-state index is 12.6. The second-order valence-corrected chi connectivity index (χ2v) is 7.91. The summed E-state index contributed by atoms with van der Waals surface area (Å²) < 4.78 is 0. The van der Waals surface area contributed by atoms with Crippen molar-refractivity contribution in [3.63, 3.8) is 0 Å². The standard InChI is InChI=1S/C21H22N6O/c1-12-2-4-23-9-14(12)17-6-13-7-18(25-10-15(13)19(22)26-17)27-20(28)16-8-21(16)3-5-24-11-21/h2,4,6-7,9-10,16,24H,3,5,8,11H2,1H3,(H2,22,26)(H,25,27,28)/t16?,21-/m0/s1. The van der Waals surface area contributed by atoms with Gasteiger partial charge < -0.3 is 16.4 Å². The van der Waals surface area contributed by atoms with Gasteiger partial charge in [-0.1, -0.05) is 0 Å². The van der Waals surface area contributed by atoms with Crippen LogP contribution < -0.4 is 16.4 Å². The van der Waals surface area contributed by atoms with Gasteiger partial charge in [-0.05, 0) is 60.9 Å². The number of hydrogen-bond acceptors (Lipinski definition) is 6. The number of fused-ring (bicyclic) bond motifs is 1. The third-order valence-corrected chi connectivity index (χ3v) is 6.09. The fourth-order valence-electron chi connectivity index (χ4n) is 4.28. The lowest BCUT2D eigenvalue weighted by atomic mass is 10.0. The summed E-state index contributed by atoms with van der Waals surface area (Å²) in [6.07, 6.45) is 7.25. The van der Waals surface area contributed by atoms with Gasteiger partial charge >= 0.3 is 0 Å². The van der Waals surface area contributed by atoms with Crippen LogP contribution in [0.15, 0.2) is 36.8 Å². The fraction of sp³-hybridized carbons (Fsp3) is 0.333. The number of carbonyl (C=O) groups excluding carboxylic acids is 1. The molecular formula is C21H22N6O. The van der Waals surface area contributed by atoms with Crippen LogP contribution in [0.3, 0.4) is 0 Å². The van der Waals surface area contributed by atoms with E-state index in [4.69, 9.17) is 5.73 Å². The predicted molar refractivity (Wildman–Crippen MR) is 109 cm³/mol. The first-order valence-corrected chi connectivity index (χ1v) is 9.55. The van der Waals surface area contributed by atoms with Crippen LogP contribution in [0.4, 0.5) is 11.6 Å². The molecule has 1 aliphatic heterocycles. The third kappa shape index (κ3) is 2.79. The molecule has 1 amide bonds. The molecule has 1 saturated carbocycles. The molecule has 3 aromatic heterocycles. The predicted octanol–water partition coefficient (Wildman–Crippen LogP) is 2.52. The van der Waals surface area contributed by atoms with Gasteiger partial charge in [0, 0.05) is 42.0 Å². The molecule has 1 spiro atoms. The van der Waals surface area contributed by atoms with E-state index < -0.39 is 0 Å². The van der Waals surface area contributed by atoms with E-state index in [0.29, 0.717) is 11.6 Å². The first-order chi connectivity index (χ1) is 13.6. The highest BCUT2D eigenvalue weighted by Crippen LogP contribution is 2.56. The second-order valence-electron chi connectivity index (χ2n) is 7.91. The highest BCUT2D eigenvalue weighted by Gasteiger charge is 2.58. The quantitative estimate of drug-likeness (QED) is 0.650. The van der Waals surface area contributed by atoms with Crippen molar-refractivity contribution in [2.45, 2.75) is 19.8 Å². The molecule has 3 aromatic rings. The zero-order valence-electron chi connectivity index (χ0n) is 15.7. The fourth-order valence-corrected chi connectivity index (χ4v) is 4.28. The Labute approximate surface area is 162 Å². The van der Waals surface area contributed by atoms with Gasteiger partial charge in [0.25, 0.3) is 0 Å². The maximum Gasteiger partial charge on any atom is 0.229 e. The van der Waals surface area contributed by atoms with Gasteiger partial charge in [-0.25, -0.2) is 9.97 Å². The molecule has 1 saturated heterocycles. The molecule has 4 heterocycles. The lowest BCUT2D eigenvalue weighted by Gasteiger charge is -2.11. The number of anilines is 2. The van der Waals surface area contributed by atoms with Crippen LogP contribution in [0.1, 0.15) is 18.4 Å². The van der Waals surface area contributed by atoms with Crippen LogP contribution in [0.5, 0.6) is 0 Å². The molecular weight excluding hydrogens is 352 g/mol. The number of aryl methyl sites for hydroxylation is 1. The molecule has 28 heavy (non-hydrogen) atoms. The molecule has 0 radical (unpaired) electrons. The maximum absolute atomic E-state index is 12.6. The molecule has 0 aromatic carbocycles. The molecule has 2 aliphatic rings. The normalized spacial score (nSPS) is 23.2. The van der Waals surface area contributed by atoms with E-state index in [0.717, 1.165) is 53.5 Å². The largest absolute Gasteiger partial charge is 0.383 e. The smallest absolute Gasteiger partial charge is 0.229 e. The molecule has 2 atom stereocenters. The number of pyridine rings is 3. The summed E-state index contributed by atoms with van der Waals surface area (Å²) >= 11 is 0. The van der Waals surface area contributed by atoms with E-state index in [1.165, 1.54) is 0 Å². The summed E-state index contributed by atoms with van der Waals surface area (Å²) in [6, 6.07) is 5.77.